The zero-order valence-electron chi connectivity index (χ0n) is 18.3. The molecule has 2 heterocycles. The van der Waals surface area contributed by atoms with Crippen molar-refractivity contribution in [2.75, 3.05) is 6.61 Å². The van der Waals surface area contributed by atoms with E-state index >= 15 is 0 Å². The summed E-state index contributed by atoms with van der Waals surface area (Å²) >= 11 is 1.50. The molecule has 2 aliphatic heterocycles. The second kappa shape index (κ2) is 9.50. The molecule has 0 unspecified atom stereocenters. The van der Waals surface area contributed by atoms with Gasteiger partial charge in [0.2, 0.25) is 0 Å². The van der Waals surface area contributed by atoms with Crippen molar-refractivity contribution in [2.24, 2.45) is 10.1 Å². The van der Waals surface area contributed by atoms with Crippen molar-refractivity contribution in [1.29, 1.82) is 0 Å². The van der Waals surface area contributed by atoms with Gasteiger partial charge in [-0.1, -0.05) is 85.4 Å². The first-order valence-corrected chi connectivity index (χ1v) is 12.0. The molecule has 6 nitrogen and oxygen atoms in total. The molecule has 0 bridgehead atoms. The number of nitrogens with zero attached hydrogens (tertiary/aromatic N) is 3. The lowest BCUT2D eigenvalue weighted by Gasteiger charge is -2.34. The van der Waals surface area contributed by atoms with E-state index in [2.05, 4.69) is 24.4 Å². The molecular weight excluding hydrogens is 432 g/mol. The lowest BCUT2D eigenvalue weighted by Crippen LogP contribution is -2.50. The Bertz CT molecular complexity index is 1320. The summed E-state index contributed by atoms with van der Waals surface area (Å²) < 4.78 is 6.02. The van der Waals surface area contributed by atoms with E-state index in [-0.39, 0.29) is 5.91 Å². The molecule has 0 aromatic heterocycles. The van der Waals surface area contributed by atoms with Gasteiger partial charge in [-0.05, 0) is 24.1 Å². The number of para-hydroxylation sites is 2. The van der Waals surface area contributed by atoms with E-state index in [9.17, 15) is 4.79 Å². The molecule has 0 spiro atoms. The number of benzene rings is 3. The molecule has 0 fully saturated rings. The van der Waals surface area contributed by atoms with Crippen LogP contribution in [0.4, 0.5) is 0 Å². The van der Waals surface area contributed by atoms with Gasteiger partial charge in [0.15, 0.2) is 11.3 Å². The summed E-state index contributed by atoms with van der Waals surface area (Å²) in [4.78, 5) is 18.3. The molecule has 33 heavy (non-hydrogen) atoms. The summed E-state index contributed by atoms with van der Waals surface area (Å²) in [7, 11) is 0. The summed E-state index contributed by atoms with van der Waals surface area (Å²) in [6.45, 7) is 2.68. The molecule has 0 saturated carbocycles. The van der Waals surface area contributed by atoms with Gasteiger partial charge in [0.25, 0.3) is 5.91 Å². The number of hydrogen-bond donors (Lipinski definition) is 1. The number of hydrazone groups is 1. The summed E-state index contributed by atoms with van der Waals surface area (Å²) in [5.41, 5.74) is 2.54. The van der Waals surface area contributed by atoms with Crippen molar-refractivity contribution in [2.45, 2.75) is 25.3 Å². The summed E-state index contributed by atoms with van der Waals surface area (Å²) in [6, 6.07) is 25.7. The van der Waals surface area contributed by atoms with Crippen LogP contribution in [0.2, 0.25) is 0 Å². The van der Waals surface area contributed by atoms with Crippen LogP contribution in [-0.2, 0) is 10.5 Å². The lowest BCUT2D eigenvalue weighted by molar-refractivity contribution is -0.116. The summed E-state index contributed by atoms with van der Waals surface area (Å²) in [5.74, 6) is 1.28. The monoisotopic (exact) mass is 456 g/mol. The molecule has 1 atom stereocenters. The minimum Gasteiger partial charge on any atom is -0.493 e. The predicted octanol–water partition coefficient (Wildman–Crippen LogP) is 3.55. The van der Waals surface area contributed by atoms with Gasteiger partial charge in [-0.3, -0.25) is 15.1 Å². The molecule has 0 radical (unpaired) electrons. The van der Waals surface area contributed by atoms with Crippen molar-refractivity contribution in [3.63, 3.8) is 0 Å². The van der Waals surface area contributed by atoms with Crippen LogP contribution >= 0.6 is 11.8 Å². The fourth-order valence-corrected chi connectivity index (χ4v) is 4.66. The Morgan fingerprint density at radius 2 is 1.76 bits per heavy atom. The van der Waals surface area contributed by atoms with Gasteiger partial charge >= 0.3 is 0 Å². The van der Waals surface area contributed by atoms with Gasteiger partial charge in [-0.2, -0.15) is 0 Å². The van der Waals surface area contributed by atoms with Crippen LogP contribution in [-0.4, -0.2) is 22.7 Å². The smallest absolute Gasteiger partial charge is 0.276 e. The minimum absolute atomic E-state index is 0.181. The number of fused-ring (bicyclic) bond motifs is 2. The first-order valence-electron chi connectivity index (χ1n) is 11.0. The highest BCUT2D eigenvalue weighted by Crippen LogP contribution is 2.35. The van der Waals surface area contributed by atoms with E-state index in [0.29, 0.717) is 23.2 Å². The quantitative estimate of drug-likeness (QED) is 0.616. The van der Waals surface area contributed by atoms with Crippen molar-refractivity contribution in [3.05, 3.63) is 101 Å². The average molecular weight is 457 g/mol. The predicted molar refractivity (Wildman–Crippen MR) is 131 cm³/mol. The van der Waals surface area contributed by atoms with Crippen molar-refractivity contribution in [3.8, 4) is 5.75 Å². The van der Waals surface area contributed by atoms with Gasteiger partial charge < -0.3 is 4.74 Å². The topological polar surface area (TPSA) is 66.3 Å². The number of carbonyl (C=O) groups is 1. The van der Waals surface area contributed by atoms with E-state index in [4.69, 9.17) is 14.8 Å². The van der Waals surface area contributed by atoms with Crippen molar-refractivity contribution < 1.29 is 9.53 Å². The first kappa shape index (κ1) is 21.3. The van der Waals surface area contributed by atoms with Gasteiger partial charge in [-0.15, -0.1) is 5.10 Å². The van der Waals surface area contributed by atoms with E-state index < -0.39 is 6.17 Å². The fraction of sp³-hybridized carbons (Fsp3) is 0.192. The fourth-order valence-electron chi connectivity index (χ4n) is 3.86. The molecule has 5 rings (SSSR count). The van der Waals surface area contributed by atoms with Gasteiger partial charge in [-0.25, -0.2) is 5.01 Å². The molecule has 2 aliphatic rings. The zero-order chi connectivity index (χ0) is 22.6. The highest BCUT2D eigenvalue weighted by atomic mass is 32.2. The average Bonchev–Trinajstić information content (AvgIpc) is 2.86. The Balaban J connectivity index is 1.57. The molecular formula is C26H24N4O2S. The second-order valence-electron chi connectivity index (χ2n) is 7.73. The number of hydrogen-bond acceptors (Lipinski definition) is 6. The van der Waals surface area contributed by atoms with Gasteiger partial charge in [0.05, 0.1) is 12.0 Å². The molecule has 0 aliphatic carbocycles. The normalized spacial score (nSPS) is 16.8. The van der Waals surface area contributed by atoms with Crippen LogP contribution in [0.25, 0.3) is 5.70 Å². The van der Waals surface area contributed by atoms with E-state index in [1.807, 2.05) is 66.7 Å². The summed E-state index contributed by atoms with van der Waals surface area (Å²) in [5, 5.41) is 11.6. The third-order valence-electron chi connectivity index (χ3n) is 5.39. The third-order valence-corrected chi connectivity index (χ3v) is 6.33. The van der Waals surface area contributed by atoms with Crippen LogP contribution in [0.3, 0.4) is 0 Å². The van der Waals surface area contributed by atoms with E-state index in [1.165, 1.54) is 11.8 Å². The molecule has 7 heteroatoms. The molecule has 3 aromatic carbocycles. The first-order chi connectivity index (χ1) is 16.2. The second-order valence-corrected chi connectivity index (χ2v) is 8.70. The molecule has 3 aromatic rings. The Morgan fingerprint density at radius 3 is 2.61 bits per heavy atom. The largest absolute Gasteiger partial charge is 0.493 e. The van der Waals surface area contributed by atoms with Crippen LogP contribution in [0.1, 0.15) is 30.6 Å². The van der Waals surface area contributed by atoms with E-state index in [1.54, 1.807) is 5.01 Å². The van der Waals surface area contributed by atoms with E-state index in [0.717, 1.165) is 33.9 Å². The maximum Gasteiger partial charge on any atom is 0.276 e. The number of amidine groups is 1. The SMILES string of the molecule is CCCOc1ccccc1[C@H]1N=c2ccccc2=C2C(=O)NC(SCc3ccccc3)=NN21. The lowest BCUT2D eigenvalue weighted by atomic mass is 10.1. The number of amides is 1. The zero-order valence-corrected chi connectivity index (χ0v) is 19.1. The van der Waals surface area contributed by atoms with Crippen LogP contribution < -0.4 is 20.6 Å². The number of thioether (sulfide) groups is 1. The highest BCUT2D eigenvalue weighted by molar-refractivity contribution is 8.13. The standard InChI is InChI=1S/C26H24N4O2S/c1-2-16-32-22-15-9-7-13-20(22)24-27-21-14-8-6-12-19(21)23-25(31)28-26(29-30(23)24)33-17-18-10-4-3-5-11-18/h3-15,24H,2,16-17H2,1H3,(H,28,29,31)/t24-/m0/s1. The molecule has 0 saturated heterocycles. The van der Waals surface area contributed by atoms with Gasteiger partial charge in [0.1, 0.15) is 11.4 Å². The highest BCUT2D eigenvalue weighted by Gasteiger charge is 2.35. The van der Waals surface area contributed by atoms with Crippen LogP contribution in [0.5, 0.6) is 5.75 Å². The Morgan fingerprint density at radius 1 is 1.00 bits per heavy atom. The van der Waals surface area contributed by atoms with Crippen LogP contribution in [0, 0.1) is 0 Å². The Kier molecular flexibility index (Phi) is 6.13. The maximum absolute atomic E-state index is 13.3. The van der Waals surface area contributed by atoms with Gasteiger partial charge in [0, 0.05) is 16.5 Å². The molecule has 166 valence electrons. The number of ether oxygens (including phenoxy) is 1. The Labute approximate surface area is 196 Å². The number of nitrogens with one attached hydrogen (secondary N) is 1. The number of rotatable bonds is 6. The molecule has 1 amide bonds. The number of carbonyl (C=O) groups excluding carboxylic acids is 1. The van der Waals surface area contributed by atoms with Crippen LogP contribution in [0.15, 0.2) is 89.0 Å². The Hall–Kier alpha value is -3.58. The van der Waals surface area contributed by atoms with Crippen molar-refractivity contribution >= 4 is 28.5 Å². The molecule has 1 N–H and O–H groups in total. The minimum atomic E-state index is -0.499. The maximum atomic E-state index is 13.3. The van der Waals surface area contributed by atoms with Crippen molar-refractivity contribution in [1.82, 2.24) is 10.3 Å². The third kappa shape index (κ3) is 4.36. The summed E-state index contributed by atoms with van der Waals surface area (Å²) in [6.07, 6.45) is 0.405.